The fraction of sp³-hybridized carbons (Fsp3) is 0.831. The van der Waals surface area contributed by atoms with Crippen molar-refractivity contribution in [2.24, 2.45) is 35.5 Å². The van der Waals surface area contributed by atoms with Gasteiger partial charge in [-0.25, -0.2) is 0 Å². The van der Waals surface area contributed by atoms with Crippen LogP contribution in [-0.4, -0.2) is 240 Å². The van der Waals surface area contributed by atoms with E-state index in [1.165, 1.54) is 57.0 Å². The van der Waals surface area contributed by atoms with Gasteiger partial charge in [-0.05, 0) is 120 Å². The first kappa shape index (κ1) is 79.7. The van der Waals surface area contributed by atoms with Crippen molar-refractivity contribution in [3.63, 3.8) is 0 Å². The molecule has 540 valence electrons. The summed E-state index contributed by atoms with van der Waals surface area (Å²) in [5.41, 5.74) is -1.53. The summed E-state index contributed by atoms with van der Waals surface area (Å²) in [4.78, 5) is 168. The van der Waals surface area contributed by atoms with E-state index in [1.807, 2.05) is 13.8 Å². The Balaban J connectivity index is 1.55. The van der Waals surface area contributed by atoms with E-state index in [1.54, 1.807) is 34.6 Å². The van der Waals surface area contributed by atoms with Crippen LogP contribution in [-0.2, 0) is 57.5 Å². The van der Waals surface area contributed by atoms with E-state index in [-0.39, 0.29) is 102 Å². The van der Waals surface area contributed by atoms with E-state index in [2.05, 4.69) is 26.0 Å². The lowest BCUT2D eigenvalue weighted by Crippen LogP contribution is -2.64. The quantitative estimate of drug-likeness (QED) is 0.143. The number of amides is 11. The van der Waals surface area contributed by atoms with Gasteiger partial charge >= 0.3 is 12.5 Å². The molecule has 11 amide bonds. The van der Waals surface area contributed by atoms with Gasteiger partial charge < -0.3 is 55.6 Å². The van der Waals surface area contributed by atoms with Gasteiger partial charge in [0.1, 0.15) is 41.8 Å². The van der Waals surface area contributed by atoms with Crippen LogP contribution in [0.25, 0.3) is 0 Å². The van der Waals surface area contributed by atoms with Crippen LogP contribution in [0.4, 0.5) is 26.3 Å². The van der Waals surface area contributed by atoms with E-state index >= 15 is 9.59 Å². The number of rotatable bonds is 11. The van der Waals surface area contributed by atoms with Crippen molar-refractivity contribution in [1.29, 1.82) is 0 Å². The number of likely N-dealkylation sites (N-methyl/N-ethyl adjacent to an activating group) is 6. The molecule has 3 saturated carbocycles. The molecule has 4 N–H and O–H groups in total. The summed E-state index contributed by atoms with van der Waals surface area (Å²) < 4.78 is 86.8. The van der Waals surface area contributed by atoms with Gasteiger partial charge in [-0.2, -0.15) is 13.2 Å². The minimum atomic E-state index is -4.96. The Morgan fingerprint density at radius 1 is 0.621 bits per heavy atom. The van der Waals surface area contributed by atoms with E-state index in [0.29, 0.717) is 32.1 Å². The number of carbonyl (C=O) groups is 11. The van der Waals surface area contributed by atoms with E-state index in [9.17, 15) is 69.5 Å². The Morgan fingerprint density at radius 2 is 1.24 bits per heavy atom. The van der Waals surface area contributed by atoms with Crippen LogP contribution in [0.3, 0.4) is 0 Å². The highest BCUT2D eigenvalue weighted by molar-refractivity contribution is 6.20. The first-order valence-corrected chi connectivity index (χ1v) is 34.1. The number of nitrogens with one attached hydrogen (secondary N) is 4. The van der Waals surface area contributed by atoms with Crippen LogP contribution in [0.5, 0.6) is 0 Å². The molecule has 5 aliphatic rings. The molecule has 0 aromatic rings. The standard InChI is InChI=1S/C65H104ClF6N11O12/c1-14-39(6)54-61(93)79(10)35-52(86)77(8)36-53(87)81(12)49(33-42-19-17-20-43(31-42)95-65(70,71)72)60(92)78(9)34-50(84)74-46(25-23-41-22-24-44(45(66)32-41)64(67,68)69)59(91)83-28-18-21-47(83)57(89)76-63(26-15-16-27-63)62(94)82(13)55(38(4)5)58(90)73-40(7)30-51(85)80(11)48(29-37(2)3)56(88)75-54/h37-49,54-55H,14-36H2,1-13H3,(H,73,90)(H,74,84)(H,75,88)(H,76,89)/t39-,40+,41?,42?,43?,44?,45?,46-,47-,48-,49-,54-,55-/m0/s1. The first-order valence-electron chi connectivity index (χ1n) is 33.7. The molecule has 0 aromatic heterocycles. The maximum atomic E-state index is 15.1. The first-order chi connectivity index (χ1) is 44.2. The zero-order chi connectivity index (χ0) is 71.4. The van der Waals surface area contributed by atoms with Gasteiger partial charge in [-0.1, -0.05) is 73.6 Å². The molecular weight excluding hydrogens is 1280 g/mol. The number of alkyl halides is 7. The molecule has 23 nitrogen and oxygen atoms in total. The van der Waals surface area contributed by atoms with Crippen molar-refractivity contribution in [2.75, 3.05) is 68.5 Å². The molecule has 30 heteroatoms. The summed E-state index contributed by atoms with van der Waals surface area (Å²) in [5, 5.41) is 10.1. The second-order valence-electron chi connectivity index (χ2n) is 28.4. The second kappa shape index (κ2) is 34.5. The molecule has 3 aliphatic carbocycles. The predicted octanol–water partition coefficient (Wildman–Crippen LogP) is 5.74. The van der Waals surface area contributed by atoms with Crippen LogP contribution in [0.2, 0.25) is 0 Å². The number of halogens is 7. The molecule has 0 radical (unpaired) electrons. The maximum Gasteiger partial charge on any atom is 0.522 e. The lowest BCUT2D eigenvalue weighted by Gasteiger charge is -2.39. The fourth-order valence-corrected chi connectivity index (χ4v) is 14.9. The van der Waals surface area contributed by atoms with Crippen LogP contribution in [0.15, 0.2) is 0 Å². The fourth-order valence-electron chi connectivity index (χ4n) is 14.3. The predicted molar refractivity (Wildman–Crippen MR) is 340 cm³/mol. The van der Waals surface area contributed by atoms with Gasteiger partial charge in [0.15, 0.2) is 0 Å². The highest BCUT2D eigenvalue weighted by Crippen LogP contribution is 2.44. The SMILES string of the molecule is CC[C@H](C)[C@@H]1NC(=O)[C@H](CC(C)C)N(C)C(=O)C[C@@H](C)NC(=O)[C@H](C(C)C)N(C)C(=O)C2(CCCC2)NC(=O)[C@@H]2CCCN2C(=O)[C@H](CCC2CCC(C(F)(F)F)C(Cl)C2)NC(=O)CN(C)C(=O)[C@H](CC2CCCC(OC(F)(F)F)C2)N(C)C(=O)CN(C)C(=O)CN(C)C1=O. The number of nitrogens with zero attached hydrogens (tertiary/aromatic N) is 7. The summed E-state index contributed by atoms with van der Waals surface area (Å²) in [6.07, 6.45) is -8.60. The normalized spacial score (nSPS) is 30.5. The van der Waals surface area contributed by atoms with Gasteiger partial charge in [-0.3, -0.25) is 57.5 Å². The molecule has 2 saturated heterocycles. The lowest BCUT2D eigenvalue weighted by atomic mass is 9.78. The van der Waals surface area contributed by atoms with Crippen molar-refractivity contribution < 1.29 is 83.8 Å². The van der Waals surface area contributed by atoms with E-state index < -0.39 is 186 Å². The molecule has 2 aliphatic heterocycles. The Hall–Kier alpha value is -6.00. The number of carbonyl (C=O) groups excluding carboxylic acids is 11. The Labute approximate surface area is 560 Å². The van der Waals surface area contributed by atoms with Gasteiger partial charge in [-0.15, -0.1) is 24.8 Å². The Morgan fingerprint density at radius 3 is 1.83 bits per heavy atom. The smallest absolute Gasteiger partial charge is 0.351 e. The Bertz CT molecular complexity index is 2720. The third-order valence-corrected chi connectivity index (χ3v) is 20.5. The van der Waals surface area contributed by atoms with Crippen molar-refractivity contribution >= 4 is 76.6 Å². The molecule has 5 rings (SSSR count). The van der Waals surface area contributed by atoms with E-state index in [0.717, 1.165) is 19.6 Å². The minimum absolute atomic E-state index is 0.0208. The molecule has 2 heterocycles. The summed E-state index contributed by atoms with van der Waals surface area (Å²) in [7, 11) is 8.01. The molecule has 0 aromatic carbocycles. The largest absolute Gasteiger partial charge is 0.522 e. The van der Waals surface area contributed by atoms with Crippen LogP contribution in [0, 0.1) is 35.5 Å². The number of fused-ring (bicyclic) bond motifs is 1. The zero-order valence-electron chi connectivity index (χ0n) is 57.6. The third-order valence-electron chi connectivity index (χ3n) is 20.0. The van der Waals surface area contributed by atoms with Crippen LogP contribution >= 0.6 is 11.6 Å². The van der Waals surface area contributed by atoms with Gasteiger partial charge in [0, 0.05) is 66.7 Å². The molecule has 0 bridgehead atoms. The Kier molecular flexibility index (Phi) is 28.9. The summed E-state index contributed by atoms with van der Waals surface area (Å²) in [6.45, 7) is 10.3. The van der Waals surface area contributed by atoms with Crippen molar-refractivity contribution in [3.05, 3.63) is 0 Å². The van der Waals surface area contributed by atoms with Crippen LogP contribution < -0.4 is 21.3 Å². The number of hydrogen-bond donors (Lipinski definition) is 4. The van der Waals surface area contributed by atoms with Gasteiger partial charge in [0.05, 0.1) is 31.7 Å². The van der Waals surface area contributed by atoms with Gasteiger partial charge in [0.25, 0.3) is 0 Å². The molecule has 1 spiro atoms. The van der Waals surface area contributed by atoms with Crippen LogP contribution in [0.1, 0.15) is 170 Å². The lowest BCUT2D eigenvalue weighted by molar-refractivity contribution is -0.346. The van der Waals surface area contributed by atoms with Crippen molar-refractivity contribution in [1.82, 2.24) is 55.6 Å². The molecule has 95 heavy (non-hydrogen) atoms. The second-order valence-corrected chi connectivity index (χ2v) is 28.9. The molecular formula is C65H104ClF6N11O12. The maximum absolute atomic E-state index is 15.1. The number of hydrogen-bond acceptors (Lipinski definition) is 12. The van der Waals surface area contributed by atoms with Crippen molar-refractivity contribution in [2.45, 2.75) is 242 Å². The highest BCUT2D eigenvalue weighted by Gasteiger charge is 2.51. The summed E-state index contributed by atoms with van der Waals surface area (Å²) >= 11 is 6.34. The third kappa shape index (κ3) is 21.7. The summed E-state index contributed by atoms with van der Waals surface area (Å²) in [5.74, 6) is -11.7. The highest BCUT2D eigenvalue weighted by atomic mass is 35.5. The van der Waals surface area contributed by atoms with E-state index in [4.69, 9.17) is 11.6 Å². The summed E-state index contributed by atoms with van der Waals surface area (Å²) in [6, 6.07) is -8.34. The average molecular weight is 1380 g/mol. The average Bonchev–Trinajstić information content (AvgIpc) is 1.73. The minimum Gasteiger partial charge on any atom is -0.351 e. The topological polar surface area (TPSA) is 268 Å². The van der Waals surface area contributed by atoms with Crippen molar-refractivity contribution in [3.8, 4) is 0 Å². The number of ether oxygens (including phenoxy) is 1. The van der Waals surface area contributed by atoms with Gasteiger partial charge in [0.2, 0.25) is 65.0 Å². The molecule has 5 fully saturated rings. The monoisotopic (exact) mass is 1380 g/mol. The molecule has 13 atom stereocenters. The molecule has 5 unspecified atom stereocenters. The zero-order valence-corrected chi connectivity index (χ0v) is 58.4.